The Balaban J connectivity index is 2.80. The summed E-state index contributed by atoms with van der Waals surface area (Å²) < 4.78 is 39.6. The quantitative estimate of drug-likeness (QED) is 0.555. The van der Waals surface area contributed by atoms with Gasteiger partial charge in [-0.15, -0.1) is 9.60 Å². The largest absolute Gasteiger partial charge is 0.381 e. The molecule has 0 saturated heterocycles. The van der Waals surface area contributed by atoms with E-state index in [0.717, 1.165) is 0 Å². The molecule has 0 aromatic rings. The molecule has 3 nitrogen and oxygen atoms in total. The molecule has 1 saturated carbocycles. The van der Waals surface area contributed by atoms with Crippen LogP contribution in [-0.4, -0.2) is 47.9 Å². The van der Waals surface area contributed by atoms with Gasteiger partial charge in [-0.3, -0.25) is 5.32 Å². The predicted molar refractivity (Wildman–Crippen MR) is 50.3 cm³/mol. The van der Waals surface area contributed by atoms with Gasteiger partial charge in [0.15, 0.2) is 0 Å². The normalized spacial score (nSPS) is 42.2. The Morgan fingerprint density at radius 1 is 1.47 bits per heavy atom. The molecule has 90 valence electrons. The molecule has 0 aromatic carbocycles. The van der Waals surface area contributed by atoms with E-state index >= 15 is 0 Å². The van der Waals surface area contributed by atoms with E-state index in [1.807, 2.05) is 0 Å². The number of hydrogen-bond acceptors (Lipinski definition) is 3. The van der Waals surface area contributed by atoms with Crippen molar-refractivity contribution in [3.05, 3.63) is 0 Å². The number of hydrogen-bond donors (Lipinski definition) is 2. The summed E-state index contributed by atoms with van der Waals surface area (Å²) in [7, 11) is 1.18. The van der Waals surface area contributed by atoms with Gasteiger partial charge < -0.3 is 5.11 Å². The minimum absolute atomic E-state index is 0.132. The van der Waals surface area contributed by atoms with Crippen molar-refractivity contribution in [2.45, 2.75) is 43.7 Å². The molecule has 15 heavy (non-hydrogen) atoms. The van der Waals surface area contributed by atoms with Crippen LogP contribution in [-0.2, 0) is 0 Å². The van der Waals surface area contributed by atoms with Gasteiger partial charge in [0.05, 0.1) is 12.3 Å². The summed E-state index contributed by atoms with van der Waals surface area (Å²) in [5.41, 5.74) is -1.12. The van der Waals surface area contributed by atoms with E-state index in [-0.39, 0.29) is 19.6 Å². The Hall–Kier alpha value is -0.330. The van der Waals surface area contributed by atoms with Gasteiger partial charge in [0.25, 0.3) is 0 Å². The van der Waals surface area contributed by atoms with E-state index < -0.39 is 23.9 Å². The van der Waals surface area contributed by atoms with Crippen molar-refractivity contribution in [3.63, 3.8) is 0 Å². The van der Waals surface area contributed by atoms with Crippen LogP contribution < -0.4 is 5.32 Å². The van der Waals surface area contributed by atoms with Crippen LogP contribution in [0.5, 0.6) is 0 Å². The highest BCUT2D eigenvalue weighted by atomic mass is 19.2. The number of rotatable bonds is 3. The molecule has 3 unspecified atom stereocenters. The number of halogens is 3. The summed E-state index contributed by atoms with van der Waals surface area (Å²) in [6.07, 6.45) is -3.60. The maximum absolute atomic E-state index is 13.3. The van der Waals surface area contributed by atoms with Crippen molar-refractivity contribution in [1.29, 1.82) is 0 Å². The van der Waals surface area contributed by atoms with Crippen LogP contribution in [0, 0.1) is 0 Å². The van der Waals surface area contributed by atoms with E-state index in [0.29, 0.717) is 5.12 Å². The maximum atomic E-state index is 13.3. The van der Waals surface area contributed by atoms with Gasteiger partial charge in [0.2, 0.25) is 0 Å². The summed E-state index contributed by atoms with van der Waals surface area (Å²) in [4.78, 5) is 0. The molecule has 0 aromatic heterocycles. The molecule has 1 fully saturated rings. The Labute approximate surface area is 87.2 Å². The van der Waals surface area contributed by atoms with E-state index in [4.69, 9.17) is 5.11 Å². The molecule has 2 N–H and O–H groups in total. The summed E-state index contributed by atoms with van der Waals surface area (Å²) in [6, 6.07) is -0.598. The summed E-state index contributed by atoms with van der Waals surface area (Å²) >= 11 is 0. The fraction of sp³-hybridized carbons (Fsp3) is 1.00. The second-order valence-corrected chi connectivity index (χ2v) is 4.22. The third-order valence-electron chi connectivity index (χ3n) is 3.25. The van der Waals surface area contributed by atoms with Crippen molar-refractivity contribution in [2.75, 3.05) is 13.8 Å². The van der Waals surface area contributed by atoms with E-state index in [2.05, 4.69) is 5.32 Å². The molecule has 0 bridgehead atoms. The first kappa shape index (κ1) is 12.7. The molecule has 6 heteroatoms. The predicted octanol–water partition coefficient (Wildman–Crippen LogP) is 0.939. The molecule has 0 radical (unpaired) electrons. The minimum Gasteiger partial charge on any atom is -0.381 e. The van der Waals surface area contributed by atoms with E-state index in [1.165, 1.54) is 14.0 Å². The molecule has 0 heterocycles. The number of nitrogens with zero attached hydrogens (tertiary/aromatic N) is 1. The van der Waals surface area contributed by atoms with Crippen molar-refractivity contribution in [3.8, 4) is 0 Å². The van der Waals surface area contributed by atoms with Crippen LogP contribution in [0.4, 0.5) is 13.3 Å². The Kier molecular flexibility index (Phi) is 3.97. The van der Waals surface area contributed by atoms with Crippen molar-refractivity contribution in [2.24, 2.45) is 0 Å². The highest BCUT2D eigenvalue weighted by molar-refractivity contribution is 5.02. The number of aliphatic hydroxyl groups excluding tert-OH is 1. The average molecular weight is 226 g/mol. The van der Waals surface area contributed by atoms with Gasteiger partial charge in [-0.1, -0.05) is 0 Å². The maximum Gasteiger partial charge on any atom is 0.133 e. The smallest absolute Gasteiger partial charge is 0.133 e. The van der Waals surface area contributed by atoms with Crippen LogP contribution in [0.3, 0.4) is 0 Å². The van der Waals surface area contributed by atoms with Crippen molar-refractivity contribution < 1.29 is 18.4 Å². The number of aliphatic hydroxyl groups is 1. The Bertz CT molecular complexity index is 218. The minimum atomic E-state index is -1.65. The molecule has 1 aliphatic carbocycles. The van der Waals surface area contributed by atoms with Crippen molar-refractivity contribution >= 4 is 0 Å². The van der Waals surface area contributed by atoms with Gasteiger partial charge in [-0.05, 0) is 13.3 Å². The standard InChI is InChI=1S/C9H17F3N2O/c1-9(14(2)12)4-7(11)6(10)3-8(9)13-5-15/h6-8,13,15H,3-5H2,1-2H3/t6-,7?,8?,9?/m0/s1. The Morgan fingerprint density at radius 2 is 2.07 bits per heavy atom. The summed E-state index contributed by atoms with van der Waals surface area (Å²) in [5.74, 6) is 0. The number of nitrogens with one attached hydrogen (secondary N) is 1. The zero-order valence-corrected chi connectivity index (χ0v) is 8.88. The van der Waals surface area contributed by atoms with Gasteiger partial charge in [-0.2, -0.15) is 0 Å². The number of likely N-dealkylation sites (N-methyl/N-ethyl adjacent to an activating group) is 1. The first-order valence-electron chi connectivity index (χ1n) is 4.94. The molecular formula is C9H17F3N2O. The zero-order valence-electron chi connectivity index (χ0n) is 8.88. The monoisotopic (exact) mass is 226 g/mol. The molecular weight excluding hydrogens is 209 g/mol. The number of alkyl halides is 2. The van der Waals surface area contributed by atoms with Gasteiger partial charge in [0.1, 0.15) is 12.3 Å². The highest BCUT2D eigenvalue weighted by Gasteiger charge is 2.48. The topological polar surface area (TPSA) is 35.5 Å². The van der Waals surface area contributed by atoms with Crippen LogP contribution in [0.2, 0.25) is 0 Å². The van der Waals surface area contributed by atoms with Gasteiger partial charge in [0, 0.05) is 19.5 Å². The lowest BCUT2D eigenvalue weighted by molar-refractivity contribution is -0.114. The lowest BCUT2D eigenvalue weighted by Crippen LogP contribution is -2.62. The van der Waals surface area contributed by atoms with E-state index in [9.17, 15) is 13.3 Å². The third-order valence-corrected chi connectivity index (χ3v) is 3.25. The lowest BCUT2D eigenvalue weighted by Gasteiger charge is -2.45. The molecule has 1 aliphatic rings. The third kappa shape index (κ3) is 2.43. The fourth-order valence-corrected chi connectivity index (χ4v) is 2.05. The highest BCUT2D eigenvalue weighted by Crippen LogP contribution is 2.36. The second-order valence-electron chi connectivity index (χ2n) is 4.22. The molecule has 4 atom stereocenters. The van der Waals surface area contributed by atoms with Crippen LogP contribution in [0.1, 0.15) is 19.8 Å². The summed E-state index contributed by atoms with van der Waals surface area (Å²) in [6.45, 7) is 1.14. The first-order chi connectivity index (χ1) is 6.91. The second kappa shape index (κ2) is 4.67. The SMILES string of the molecule is CN(F)C1(C)CC(F)[C@@H](F)CC1NCO. The summed E-state index contributed by atoms with van der Waals surface area (Å²) in [5, 5.41) is 11.7. The first-order valence-corrected chi connectivity index (χ1v) is 4.94. The Morgan fingerprint density at radius 3 is 2.53 bits per heavy atom. The molecule has 0 aliphatic heterocycles. The van der Waals surface area contributed by atoms with Crippen LogP contribution in [0.15, 0.2) is 0 Å². The van der Waals surface area contributed by atoms with Gasteiger partial charge >= 0.3 is 0 Å². The van der Waals surface area contributed by atoms with Gasteiger partial charge in [-0.25, -0.2) is 8.78 Å². The molecule has 0 amide bonds. The molecule has 0 spiro atoms. The average Bonchev–Trinajstić information content (AvgIpc) is 2.14. The zero-order chi connectivity index (χ0) is 11.6. The van der Waals surface area contributed by atoms with E-state index in [1.54, 1.807) is 0 Å². The van der Waals surface area contributed by atoms with Crippen molar-refractivity contribution in [1.82, 2.24) is 10.4 Å². The molecule has 1 rings (SSSR count). The fourth-order valence-electron chi connectivity index (χ4n) is 2.05. The van der Waals surface area contributed by atoms with Crippen LogP contribution >= 0.6 is 0 Å². The van der Waals surface area contributed by atoms with Crippen LogP contribution in [0.25, 0.3) is 0 Å². The lowest BCUT2D eigenvalue weighted by atomic mass is 9.77.